The number of amides is 1. The van der Waals surface area contributed by atoms with E-state index in [0.717, 1.165) is 0 Å². The number of aromatic carboxylic acids is 1. The van der Waals surface area contributed by atoms with E-state index in [2.05, 4.69) is 5.32 Å². The SMILES string of the molecule is Cc1ccc(C(=O)Nc2ccc(C(=O)O)c(C)c2)cc1F. The van der Waals surface area contributed by atoms with Crippen molar-refractivity contribution < 1.29 is 19.1 Å². The number of hydrogen-bond acceptors (Lipinski definition) is 2. The number of carboxylic acids is 1. The molecule has 2 N–H and O–H groups in total. The van der Waals surface area contributed by atoms with E-state index in [9.17, 15) is 14.0 Å². The fourth-order valence-electron chi connectivity index (χ4n) is 1.92. The molecule has 108 valence electrons. The maximum absolute atomic E-state index is 13.4. The van der Waals surface area contributed by atoms with Crippen molar-refractivity contribution >= 4 is 17.6 Å². The number of halogens is 1. The summed E-state index contributed by atoms with van der Waals surface area (Å²) in [7, 11) is 0. The minimum atomic E-state index is -1.02. The maximum atomic E-state index is 13.4. The van der Waals surface area contributed by atoms with Gasteiger partial charge in [0.25, 0.3) is 5.91 Å². The van der Waals surface area contributed by atoms with E-state index in [1.807, 2.05) is 0 Å². The first-order valence-corrected chi connectivity index (χ1v) is 6.30. The van der Waals surface area contributed by atoms with Gasteiger partial charge in [0.2, 0.25) is 0 Å². The molecule has 0 unspecified atom stereocenters. The lowest BCUT2D eigenvalue weighted by Gasteiger charge is -2.08. The summed E-state index contributed by atoms with van der Waals surface area (Å²) < 4.78 is 13.4. The van der Waals surface area contributed by atoms with Crippen LogP contribution in [0.15, 0.2) is 36.4 Å². The molecule has 5 heteroatoms. The normalized spacial score (nSPS) is 10.2. The first kappa shape index (κ1) is 14.7. The van der Waals surface area contributed by atoms with Gasteiger partial charge in [0, 0.05) is 11.3 Å². The molecule has 0 aliphatic rings. The lowest BCUT2D eigenvalue weighted by Crippen LogP contribution is -2.13. The number of nitrogens with one attached hydrogen (secondary N) is 1. The quantitative estimate of drug-likeness (QED) is 0.909. The molecular formula is C16H14FNO3. The minimum absolute atomic E-state index is 0.175. The van der Waals surface area contributed by atoms with Gasteiger partial charge >= 0.3 is 5.97 Å². The third-order valence-corrected chi connectivity index (χ3v) is 3.15. The van der Waals surface area contributed by atoms with Crippen LogP contribution < -0.4 is 5.32 Å². The molecule has 21 heavy (non-hydrogen) atoms. The molecule has 0 aliphatic heterocycles. The Kier molecular flexibility index (Phi) is 4.03. The van der Waals surface area contributed by atoms with Crippen LogP contribution in [0.2, 0.25) is 0 Å². The molecular weight excluding hydrogens is 273 g/mol. The van der Waals surface area contributed by atoms with E-state index in [1.165, 1.54) is 30.3 Å². The molecule has 0 spiro atoms. The van der Waals surface area contributed by atoms with Crippen LogP contribution in [-0.2, 0) is 0 Å². The van der Waals surface area contributed by atoms with Crippen molar-refractivity contribution in [1.82, 2.24) is 0 Å². The molecule has 0 radical (unpaired) electrons. The molecule has 0 saturated heterocycles. The molecule has 0 fully saturated rings. The molecule has 0 saturated carbocycles. The zero-order valence-electron chi connectivity index (χ0n) is 11.6. The van der Waals surface area contributed by atoms with Crippen molar-refractivity contribution in [3.8, 4) is 0 Å². The summed E-state index contributed by atoms with van der Waals surface area (Å²) >= 11 is 0. The average molecular weight is 287 g/mol. The number of carbonyl (C=O) groups excluding carboxylic acids is 1. The van der Waals surface area contributed by atoms with E-state index >= 15 is 0 Å². The lowest BCUT2D eigenvalue weighted by atomic mass is 10.1. The summed E-state index contributed by atoms with van der Waals surface area (Å²) in [4.78, 5) is 22.9. The van der Waals surface area contributed by atoms with Crippen molar-refractivity contribution in [3.05, 3.63) is 64.5 Å². The number of hydrogen-bond donors (Lipinski definition) is 2. The summed E-state index contributed by atoms with van der Waals surface area (Å²) in [5.41, 5.74) is 1.85. The molecule has 1 amide bonds. The number of benzene rings is 2. The summed E-state index contributed by atoms with van der Waals surface area (Å²) in [6, 6.07) is 8.71. The van der Waals surface area contributed by atoms with Crippen LogP contribution in [-0.4, -0.2) is 17.0 Å². The van der Waals surface area contributed by atoms with Crippen LogP contribution in [0.25, 0.3) is 0 Å². The zero-order valence-corrected chi connectivity index (χ0v) is 11.6. The third-order valence-electron chi connectivity index (χ3n) is 3.15. The van der Waals surface area contributed by atoms with E-state index in [1.54, 1.807) is 19.9 Å². The van der Waals surface area contributed by atoms with Gasteiger partial charge < -0.3 is 10.4 Å². The number of carboxylic acid groups (broad SMARTS) is 1. The van der Waals surface area contributed by atoms with Gasteiger partial charge in [-0.2, -0.15) is 0 Å². The van der Waals surface area contributed by atoms with E-state index < -0.39 is 17.7 Å². The van der Waals surface area contributed by atoms with Gasteiger partial charge in [0.15, 0.2) is 0 Å². The highest BCUT2D eigenvalue weighted by Gasteiger charge is 2.11. The molecule has 2 rings (SSSR count). The van der Waals surface area contributed by atoms with Crippen molar-refractivity contribution in [2.24, 2.45) is 0 Å². The van der Waals surface area contributed by atoms with Crippen LogP contribution in [0, 0.1) is 19.7 Å². The van der Waals surface area contributed by atoms with Gasteiger partial charge in [-0.1, -0.05) is 6.07 Å². The Hall–Kier alpha value is -2.69. The first-order valence-electron chi connectivity index (χ1n) is 6.30. The van der Waals surface area contributed by atoms with Crippen molar-refractivity contribution in [2.75, 3.05) is 5.32 Å². The smallest absolute Gasteiger partial charge is 0.335 e. The highest BCUT2D eigenvalue weighted by Crippen LogP contribution is 2.17. The molecule has 0 bridgehead atoms. The van der Waals surface area contributed by atoms with Crippen molar-refractivity contribution in [2.45, 2.75) is 13.8 Å². The standard InChI is InChI=1S/C16H14FNO3/c1-9-3-4-11(8-14(9)17)15(19)18-12-5-6-13(16(20)21)10(2)7-12/h3-8H,1-2H3,(H,18,19)(H,20,21). The fraction of sp³-hybridized carbons (Fsp3) is 0.125. The van der Waals surface area contributed by atoms with Gasteiger partial charge in [-0.05, 0) is 55.3 Å². The Morgan fingerprint density at radius 2 is 1.76 bits per heavy atom. The first-order chi connectivity index (χ1) is 9.88. The lowest BCUT2D eigenvalue weighted by molar-refractivity contribution is 0.0696. The molecule has 0 aliphatic carbocycles. The Bertz CT molecular complexity index is 725. The fourth-order valence-corrected chi connectivity index (χ4v) is 1.92. The predicted molar refractivity (Wildman–Crippen MR) is 77.2 cm³/mol. The summed E-state index contributed by atoms with van der Waals surface area (Å²) in [5, 5.41) is 11.6. The average Bonchev–Trinajstić information content (AvgIpc) is 2.41. The summed E-state index contributed by atoms with van der Waals surface area (Å²) in [6.07, 6.45) is 0. The van der Waals surface area contributed by atoms with Crippen molar-refractivity contribution in [1.29, 1.82) is 0 Å². The van der Waals surface area contributed by atoms with Gasteiger partial charge in [0.05, 0.1) is 5.56 Å². The van der Waals surface area contributed by atoms with Crippen LogP contribution >= 0.6 is 0 Å². The largest absolute Gasteiger partial charge is 0.478 e. The molecule has 4 nitrogen and oxygen atoms in total. The van der Waals surface area contributed by atoms with Gasteiger partial charge in [-0.3, -0.25) is 4.79 Å². The van der Waals surface area contributed by atoms with Gasteiger partial charge in [0.1, 0.15) is 5.82 Å². The third kappa shape index (κ3) is 3.25. The molecule has 2 aromatic carbocycles. The topological polar surface area (TPSA) is 66.4 Å². The second-order valence-electron chi connectivity index (χ2n) is 4.75. The van der Waals surface area contributed by atoms with Gasteiger partial charge in [-0.25, -0.2) is 9.18 Å². The monoisotopic (exact) mass is 287 g/mol. The summed E-state index contributed by atoms with van der Waals surface area (Å²) in [5.74, 6) is -1.91. The van der Waals surface area contributed by atoms with E-state index in [0.29, 0.717) is 16.8 Å². The van der Waals surface area contributed by atoms with E-state index in [-0.39, 0.29) is 11.1 Å². The van der Waals surface area contributed by atoms with Crippen LogP contribution in [0.4, 0.5) is 10.1 Å². The summed E-state index contributed by atoms with van der Waals surface area (Å²) in [6.45, 7) is 3.26. The maximum Gasteiger partial charge on any atom is 0.335 e. The Morgan fingerprint density at radius 1 is 1.05 bits per heavy atom. The Balaban J connectivity index is 2.21. The Morgan fingerprint density at radius 3 is 2.33 bits per heavy atom. The van der Waals surface area contributed by atoms with Crippen LogP contribution in [0.1, 0.15) is 31.8 Å². The Labute approximate surface area is 121 Å². The van der Waals surface area contributed by atoms with Gasteiger partial charge in [-0.15, -0.1) is 0 Å². The number of anilines is 1. The molecule has 0 atom stereocenters. The number of carbonyl (C=O) groups is 2. The predicted octanol–water partition coefficient (Wildman–Crippen LogP) is 3.39. The minimum Gasteiger partial charge on any atom is -0.478 e. The zero-order chi connectivity index (χ0) is 15.6. The number of rotatable bonds is 3. The highest BCUT2D eigenvalue weighted by atomic mass is 19.1. The number of aryl methyl sites for hydroxylation is 2. The highest BCUT2D eigenvalue weighted by molar-refractivity contribution is 6.04. The molecule has 0 aromatic heterocycles. The second kappa shape index (κ2) is 5.75. The van der Waals surface area contributed by atoms with E-state index in [4.69, 9.17) is 5.11 Å². The van der Waals surface area contributed by atoms with Crippen LogP contribution in [0.3, 0.4) is 0 Å². The molecule has 2 aromatic rings. The molecule has 0 heterocycles. The van der Waals surface area contributed by atoms with Crippen LogP contribution in [0.5, 0.6) is 0 Å². The van der Waals surface area contributed by atoms with Crippen molar-refractivity contribution in [3.63, 3.8) is 0 Å². The second-order valence-corrected chi connectivity index (χ2v) is 4.75.